The van der Waals surface area contributed by atoms with Crippen molar-refractivity contribution in [2.75, 3.05) is 6.61 Å². The summed E-state index contributed by atoms with van der Waals surface area (Å²) in [7, 11) is 0. The van der Waals surface area contributed by atoms with Crippen LogP contribution in [-0.4, -0.2) is 11.7 Å². The molecule has 0 aliphatic rings. The van der Waals surface area contributed by atoms with Gasteiger partial charge in [-0.1, -0.05) is 13.8 Å². The summed E-state index contributed by atoms with van der Waals surface area (Å²) in [4.78, 5) is 0. The molecule has 2 nitrogen and oxygen atoms in total. The van der Waals surface area contributed by atoms with Crippen molar-refractivity contribution in [1.29, 1.82) is 0 Å². The number of aliphatic hydroxyl groups excluding tert-OH is 1. The van der Waals surface area contributed by atoms with Gasteiger partial charge in [0.2, 0.25) is 0 Å². The second kappa shape index (κ2) is 9.60. The summed E-state index contributed by atoms with van der Waals surface area (Å²) in [6.45, 7) is 4.25. The molecule has 0 saturated carbocycles. The van der Waals surface area contributed by atoms with Gasteiger partial charge in [0.25, 0.3) is 0 Å². The summed E-state index contributed by atoms with van der Waals surface area (Å²) in [6.07, 6.45) is 0. The van der Waals surface area contributed by atoms with Crippen LogP contribution in [-0.2, 0) is 21.0 Å². The molecule has 0 spiro atoms. The Kier molecular flexibility index (Phi) is 14.2. The molecule has 1 N–H and O–H groups in total. The van der Waals surface area contributed by atoms with E-state index in [1.165, 1.54) is 0 Å². The van der Waals surface area contributed by atoms with E-state index < -0.39 is 0 Å². The number of rotatable bonds is 1. The molecule has 43 valence electrons. The van der Waals surface area contributed by atoms with Crippen molar-refractivity contribution in [1.82, 2.24) is 0 Å². The van der Waals surface area contributed by atoms with Crippen LogP contribution in [0.15, 0.2) is 0 Å². The predicted molar refractivity (Wildman–Crippen MR) is 22.6 cm³/mol. The van der Waals surface area contributed by atoms with E-state index in [1.54, 1.807) is 0 Å². The van der Waals surface area contributed by atoms with E-state index in [9.17, 15) is 0 Å². The first kappa shape index (κ1) is 10.3. The van der Waals surface area contributed by atoms with E-state index >= 15 is 0 Å². The van der Waals surface area contributed by atoms with Crippen molar-refractivity contribution in [3.05, 3.63) is 0 Å². The van der Waals surface area contributed by atoms with Crippen LogP contribution in [0.2, 0.25) is 0 Å². The van der Waals surface area contributed by atoms with E-state index in [1.807, 2.05) is 13.8 Å². The van der Waals surface area contributed by atoms with Gasteiger partial charge >= 0.3 is 21.0 Å². The number of hydrogen-bond acceptors (Lipinski definition) is 2. The van der Waals surface area contributed by atoms with Crippen molar-refractivity contribution in [2.45, 2.75) is 13.8 Å². The van der Waals surface area contributed by atoms with Crippen molar-refractivity contribution < 1.29 is 26.1 Å². The maximum atomic E-state index is 8.19. The van der Waals surface area contributed by atoms with Gasteiger partial charge in [0.15, 0.2) is 0 Å². The first-order chi connectivity index (χ1) is 3.27. The van der Waals surface area contributed by atoms with Gasteiger partial charge in [-0.3, -0.25) is 0 Å². The Morgan fingerprint density at radius 1 is 1.57 bits per heavy atom. The van der Waals surface area contributed by atoms with Gasteiger partial charge in [0, 0.05) is 6.61 Å². The molecule has 0 aromatic rings. The van der Waals surface area contributed by atoms with Gasteiger partial charge < -0.3 is 5.11 Å². The van der Waals surface area contributed by atoms with Crippen LogP contribution < -0.4 is 0 Å². The zero-order valence-electron chi connectivity index (χ0n) is 4.59. The van der Waals surface area contributed by atoms with Gasteiger partial charge in [0.1, 0.15) is 0 Å². The number of aliphatic hydroxyl groups is 1. The van der Waals surface area contributed by atoms with Crippen LogP contribution in [0.25, 0.3) is 0 Å². The average Bonchev–Trinajstić information content (AvgIpc) is 1.73. The fourth-order valence-corrected chi connectivity index (χ4v) is 0. The quantitative estimate of drug-likeness (QED) is 0.577. The standard InChI is InChI=1S/C4H10O.O.V/c1-4(2)3-5;;/h4-5H,3H2,1-2H3;;. The monoisotopic (exact) mass is 141 g/mol. The van der Waals surface area contributed by atoms with Crippen molar-refractivity contribution in [3.63, 3.8) is 0 Å². The van der Waals surface area contributed by atoms with Gasteiger partial charge in [-0.15, -0.1) is 0 Å². The Labute approximate surface area is 53.1 Å². The summed E-state index contributed by atoms with van der Waals surface area (Å²) in [6, 6.07) is 0. The molecule has 0 heterocycles. The molecular weight excluding hydrogens is 131 g/mol. The predicted octanol–water partition coefficient (Wildman–Crippen LogP) is 0.513. The molecule has 0 radical (unpaired) electrons. The van der Waals surface area contributed by atoms with Crippen LogP contribution in [0.5, 0.6) is 0 Å². The SMILES string of the molecule is CC(C)CO.[O]=[V]. The Hall–Kier alpha value is 0.344. The Balaban J connectivity index is 0. The maximum absolute atomic E-state index is 8.19. The summed E-state index contributed by atoms with van der Waals surface area (Å²) < 4.78 is 8.19. The Morgan fingerprint density at radius 3 is 1.71 bits per heavy atom. The first-order valence-corrected chi connectivity index (χ1v) is 2.63. The molecule has 0 aliphatic heterocycles. The van der Waals surface area contributed by atoms with Crippen LogP contribution in [0, 0.1) is 5.92 Å². The van der Waals surface area contributed by atoms with Gasteiger partial charge in [-0.2, -0.15) is 0 Å². The van der Waals surface area contributed by atoms with E-state index in [0.29, 0.717) is 12.5 Å². The topological polar surface area (TPSA) is 37.3 Å². The van der Waals surface area contributed by atoms with Crippen molar-refractivity contribution in [3.8, 4) is 0 Å². The summed E-state index contributed by atoms with van der Waals surface area (Å²) in [5, 5.41) is 8.14. The number of hydrogen-bond donors (Lipinski definition) is 1. The van der Waals surface area contributed by atoms with Crippen LogP contribution in [0.3, 0.4) is 0 Å². The zero-order chi connectivity index (χ0) is 6.28. The fourth-order valence-electron chi connectivity index (χ4n) is 0. The summed E-state index contributed by atoms with van der Waals surface area (Å²) in [5.41, 5.74) is 0. The van der Waals surface area contributed by atoms with E-state index in [-0.39, 0.29) is 0 Å². The zero-order valence-corrected chi connectivity index (χ0v) is 5.98. The molecule has 0 aliphatic carbocycles. The minimum absolute atomic E-state index is 0.306. The van der Waals surface area contributed by atoms with Crippen molar-refractivity contribution in [2.24, 2.45) is 5.92 Å². The Morgan fingerprint density at radius 2 is 1.71 bits per heavy atom. The minimum atomic E-state index is 0.306. The third-order valence-corrected chi connectivity index (χ3v) is 0.365. The molecule has 7 heavy (non-hydrogen) atoms. The van der Waals surface area contributed by atoms with Crippen LogP contribution in [0.1, 0.15) is 13.8 Å². The fraction of sp³-hybridized carbons (Fsp3) is 1.00. The van der Waals surface area contributed by atoms with Gasteiger partial charge in [-0.05, 0) is 5.92 Å². The third-order valence-electron chi connectivity index (χ3n) is 0.365. The summed E-state index contributed by atoms with van der Waals surface area (Å²) in [5.74, 6) is 0.440. The molecule has 0 unspecified atom stereocenters. The van der Waals surface area contributed by atoms with Crippen LogP contribution in [0.4, 0.5) is 0 Å². The molecular formula is C4H10O2V. The summed E-state index contributed by atoms with van der Waals surface area (Å²) >= 11 is 1.06. The molecule has 0 saturated heterocycles. The first-order valence-electron chi connectivity index (χ1n) is 2.06. The molecule has 3 heteroatoms. The van der Waals surface area contributed by atoms with E-state index in [4.69, 9.17) is 8.78 Å². The normalized spacial score (nSPS) is 7.29. The van der Waals surface area contributed by atoms with E-state index in [0.717, 1.165) is 17.4 Å². The van der Waals surface area contributed by atoms with Crippen LogP contribution >= 0.6 is 0 Å². The molecule has 0 bridgehead atoms. The molecule has 0 atom stereocenters. The molecule has 0 fully saturated rings. The Bertz CT molecular complexity index is 30.9. The van der Waals surface area contributed by atoms with Gasteiger partial charge in [0.05, 0.1) is 0 Å². The van der Waals surface area contributed by atoms with Gasteiger partial charge in [-0.25, -0.2) is 0 Å². The molecule has 0 amide bonds. The molecule has 0 aromatic heterocycles. The second-order valence-electron chi connectivity index (χ2n) is 1.58. The molecule has 0 aromatic carbocycles. The molecule has 0 rings (SSSR count). The van der Waals surface area contributed by atoms with Crippen molar-refractivity contribution >= 4 is 0 Å². The average molecular weight is 141 g/mol. The van der Waals surface area contributed by atoms with E-state index in [2.05, 4.69) is 0 Å². The third kappa shape index (κ3) is 21.8. The second-order valence-corrected chi connectivity index (χ2v) is 1.58.